The number of phosphoric ester groups is 1. The van der Waals surface area contributed by atoms with E-state index in [1.54, 1.807) is 0 Å². The summed E-state index contributed by atoms with van der Waals surface area (Å²) in [6, 6.07) is -3.06. The molecule has 3 aliphatic rings. The van der Waals surface area contributed by atoms with Gasteiger partial charge in [-0.15, -0.1) is 0 Å². The van der Waals surface area contributed by atoms with Crippen molar-refractivity contribution in [3.05, 3.63) is 0 Å². The van der Waals surface area contributed by atoms with Crippen molar-refractivity contribution >= 4 is 7.82 Å². The van der Waals surface area contributed by atoms with Crippen molar-refractivity contribution in [2.75, 3.05) is 13.2 Å². The molecule has 14 atom stereocenters. The Bertz CT molecular complexity index is 747. The average Bonchev–Trinajstić information content (AvgIpc) is 3.05. The first-order valence-electron chi connectivity index (χ1n) is 10.8. The second-order valence-electron chi connectivity index (χ2n) is 8.85. The summed E-state index contributed by atoms with van der Waals surface area (Å²) in [5.74, 6) is 0. The quantitative estimate of drug-likeness (QED) is 0.129. The van der Waals surface area contributed by atoms with E-state index in [-0.39, 0.29) is 6.42 Å². The number of aliphatic hydroxyl groups excluding tert-OH is 6. The van der Waals surface area contributed by atoms with E-state index < -0.39 is 107 Å². The molecule has 0 spiro atoms. The van der Waals surface area contributed by atoms with Crippen molar-refractivity contribution in [1.82, 2.24) is 0 Å². The molecule has 0 amide bonds. The summed E-state index contributed by atoms with van der Waals surface area (Å²) in [4.78, 5) is 17.7. The number of hydrogen-bond acceptors (Lipinski definition) is 15. The monoisotopic (exact) mass is 535 g/mol. The van der Waals surface area contributed by atoms with Gasteiger partial charge in [-0.25, -0.2) is 4.57 Å². The van der Waals surface area contributed by atoms with E-state index in [1.807, 2.05) is 0 Å². The zero-order valence-electron chi connectivity index (χ0n) is 18.4. The lowest BCUT2D eigenvalue weighted by Gasteiger charge is -2.47. The van der Waals surface area contributed by atoms with Gasteiger partial charge in [-0.2, -0.15) is 0 Å². The van der Waals surface area contributed by atoms with Gasteiger partial charge in [0, 0.05) is 12.1 Å². The van der Waals surface area contributed by atoms with E-state index in [9.17, 15) is 35.2 Å². The predicted octanol–water partition coefficient (Wildman–Crippen LogP) is -6.50. The van der Waals surface area contributed by atoms with Crippen LogP contribution in [0.25, 0.3) is 0 Å². The fourth-order valence-electron chi connectivity index (χ4n) is 4.28. The summed E-state index contributed by atoms with van der Waals surface area (Å²) in [6.07, 6.45) is -16.0. The van der Waals surface area contributed by atoms with Crippen molar-refractivity contribution in [2.24, 2.45) is 17.2 Å². The molecule has 1 saturated carbocycles. The van der Waals surface area contributed by atoms with Crippen molar-refractivity contribution in [3.63, 3.8) is 0 Å². The van der Waals surface area contributed by atoms with Gasteiger partial charge in [-0.1, -0.05) is 0 Å². The number of rotatable bonds is 8. The first kappa shape index (κ1) is 29.2. The fraction of sp³-hybridized carbons (Fsp3) is 1.00. The lowest BCUT2D eigenvalue weighted by atomic mass is 9.84. The van der Waals surface area contributed by atoms with E-state index in [0.29, 0.717) is 0 Å². The minimum atomic E-state index is -4.89. The molecule has 0 radical (unpaired) electrons. The first-order chi connectivity index (χ1) is 16.2. The highest BCUT2D eigenvalue weighted by atomic mass is 31.2. The Balaban J connectivity index is 1.75. The van der Waals surface area contributed by atoms with Crippen LogP contribution in [0.1, 0.15) is 6.42 Å². The van der Waals surface area contributed by atoms with Crippen LogP contribution in [0.2, 0.25) is 0 Å². The van der Waals surface area contributed by atoms with Crippen LogP contribution in [-0.2, 0) is 28.0 Å². The molecule has 0 aromatic heterocycles. The first-order valence-corrected chi connectivity index (χ1v) is 12.4. The van der Waals surface area contributed by atoms with Crippen molar-refractivity contribution in [2.45, 2.75) is 92.1 Å². The van der Waals surface area contributed by atoms with Crippen molar-refractivity contribution in [1.29, 1.82) is 0 Å². The molecular weight excluding hydrogens is 501 g/mol. The number of ether oxygens (including phenoxy) is 4. The molecule has 2 saturated heterocycles. The Morgan fingerprint density at radius 2 is 1.34 bits per heavy atom. The molecule has 1 aliphatic carbocycles. The molecule has 3 rings (SSSR count). The lowest BCUT2D eigenvalue weighted by Crippen LogP contribution is -2.68. The van der Waals surface area contributed by atoms with Crippen LogP contribution in [0.15, 0.2) is 0 Å². The fourth-order valence-corrected chi connectivity index (χ4v) is 4.62. The highest BCUT2D eigenvalue weighted by Gasteiger charge is 2.52. The van der Waals surface area contributed by atoms with E-state index in [1.165, 1.54) is 0 Å². The minimum Gasteiger partial charge on any atom is -0.394 e. The zero-order chi connectivity index (χ0) is 26.2. The molecule has 206 valence electrons. The largest absolute Gasteiger partial charge is 0.469 e. The smallest absolute Gasteiger partial charge is 0.394 e. The predicted molar refractivity (Wildman–Crippen MR) is 111 cm³/mol. The van der Waals surface area contributed by atoms with Crippen LogP contribution in [0.4, 0.5) is 0 Å². The van der Waals surface area contributed by atoms with Gasteiger partial charge >= 0.3 is 7.82 Å². The molecule has 2 aliphatic heterocycles. The molecule has 14 N–H and O–H groups in total. The third kappa shape index (κ3) is 6.54. The van der Waals surface area contributed by atoms with Gasteiger partial charge in [-0.3, -0.25) is 4.52 Å². The number of nitrogens with two attached hydrogens (primary N) is 3. The van der Waals surface area contributed by atoms with Gasteiger partial charge in [0.25, 0.3) is 0 Å². The minimum absolute atomic E-state index is 0.0533. The summed E-state index contributed by atoms with van der Waals surface area (Å²) in [7, 11) is -4.89. The highest BCUT2D eigenvalue weighted by molar-refractivity contribution is 7.46. The molecule has 2 heterocycles. The molecule has 35 heavy (non-hydrogen) atoms. The molecular formula is C17H34N3O14P. The average molecular weight is 535 g/mol. The lowest BCUT2D eigenvalue weighted by molar-refractivity contribution is -0.310. The molecule has 3 fully saturated rings. The number of aliphatic hydroxyl groups is 6. The summed E-state index contributed by atoms with van der Waals surface area (Å²) >= 11 is 0. The Morgan fingerprint density at radius 3 is 1.94 bits per heavy atom. The normalized spacial score (nSPS) is 49.3. The van der Waals surface area contributed by atoms with Gasteiger partial charge in [0.2, 0.25) is 0 Å². The summed E-state index contributed by atoms with van der Waals surface area (Å²) < 4.78 is 37.5. The Kier molecular flexibility index (Phi) is 9.62. The SMILES string of the molecule is N[C@H]1[C@@H](O[C@H]2[C@H](O[C@@H]3O[C@H](COP(=O)(O)O)[C@@H](O)[C@H]3O)[C@@H](O)[C@H](N)C[C@@H]2N)O[C@H](CO)[C@@H](O)[C@@H]1O. The third-order valence-electron chi connectivity index (χ3n) is 6.30. The van der Waals surface area contributed by atoms with E-state index >= 15 is 0 Å². The summed E-state index contributed by atoms with van der Waals surface area (Å²) in [5, 5.41) is 60.7. The maximum atomic E-state index is 10.9. The number of phosphoric acid groups is 1. The summed E-state index contributed by atoms with van der Waals surface area (Å²) in [6.45, 7) is -1.44. The van der Waals surface area contributed by atoms with Gasteiger partial charge < -0.3 is 76.6 Å². The van der Waals surface area contributed by atoms with Crippen LogP contribution in [-0.4, -0.2) is 139 Å². The van der Waals surface area contributed by atoms with Gasteiger partial charge in [0.15, 0.2) is 12.6 Å². The Morgan fingerprint density at radius 1 is 0.771 bits per heavy atom. The van der Waals surface area contributed by atoms with Crippen molar-refractivity contribution in [3.8, 4) is 0 Å². The van der Waals surface area contributed by atoms with Gasteiger partial charge in [-0.05, 0) is 6.42 Å². The number of hydrogen-bond donors (Lipinski definition) is 11. The van der Waals surface area contributed by atoms with Crippen LogP contribution in [0.3, 0.4) is 0 Å². The molecule has 0 unspecified atom stereocenters. The van der Waals surface area contributed by atoms with E-state index in [2.05, 4.69) is 4.52 Å². The van der Waals surface area contributed by atoms with Crippen LogP contribution in [0, 0.1) is 0 Å². The second-order valence-corrected chi connectivity index (χ2v) is 10.1. The highest BCUT2D eigenvalue weighted by Crippen LogP contribution is 2.38. The maximum absolute atomic E-state index is 10.9. The van der Waals surface area contributed by atoms with Crippen molar-refractivity contribution < 1.29 is 68.5 Å². The molecule has 0 aromatic carbocycles. The summed E-state index contributed by atoms with van der Waals surface area (Å²) in [5.41, 5.74) is 18.0. The maximum Gasteiger partial charge on any atom is 0.469 e. The van der Waals surface area contributed by atoms with Crippen LogP contribution in [0.5, 0.6) is 0 Å². The Hall–Kier alpha value is -0.410. The topological polar surface area (TPSA) is 303 Å². The molecule has 0 aromatic rings. The van der Waals surface area contributed by atoms with Gasteiger partial charge in [0.05, 0.1) is 25.4 Å². The zero-order valence-corrected chi connectivity index (χ0v) is 19.3. The van der Waals surface area contributed by atoms with E-state index in [0.717, 1.165) is 0 Å². The third-order valence-corrected chi connectivity index (χ3v) is 6.79. The van der Waals surface area contributed by atoms with Gasteiger partial charge in [0.1, 0.15) is 48.8 Å². The molecule has 17 nitrogen and oxygen atoms in total. The van der Waals surface area contributed by atoms with Crippen LogP contribution >= 0.6 is 7.82 Å². The molecule has 0 bridgehead atoms. The second kappa shape index (κ2) is 11.5. The molecule has 18 heteroatoms. The van der Waals surface area contributed by atoms with Crippen LogP contribution < -0.4 is 17.2 Å². The van der Waals surface area contributed by atoms with E-state index in [4.69, 9.17) is 45.9 Å². The standard InChI is InChI=1S/C17H34N3O14P/c18-4-1-5(19)14(33-16-8(20)12(25)10(23)6(2-21)31-16)15(9(4)22)34-17-13(26)11(24)7(32-17)3-30-35(27,28)29/h4-17,21-26H,1-3,18-20H2,(H2,27,28,29)/t4-,5+,6-,7-,8-,9+,10-,11-,12-,13-,14-,15-,16-,17+/m1/s1. The Labute approximate surface area is 199 Å².